The molecule has 0 amide bonds. The maximum atomic E-state index is 11.0. The Morgan fingerprint density at radius 2 is 1.75 bits per heavy atom. The SMILES string of the molecule is Cc1cc(/C=C/c2ccc(Sc3ccncc3C=O)cc2)ccn1. The van der Waals surface area contributed by atoms with E-state index >= 15 is 0 Å². The fraction of sp³-hybridized carbons (Fsp3) is 0.0500. The van der Waals surface area contributed by atoms with Crippen LogP contribution in [0.3, 0.4) is 0 Å². The number of aryl methyl sites for hydroxylation is 1. The van der Waals surface area contributed by atoms with Gasteiger partial charge < -0.3 is 0 Å². The predicted molar refractivity (Wildman–Crippen MR) is 98.1 cm³/mol. The number of carbonyl (C=O) groups excluding carboxylic acids is 1. The Hall–Kier alpha value is -2.72. The van der Waals surface area contributed by atoms with Crippen LogP contribution < -0.4 is 0 Å². The summed E-state index contributed by atoms with van der Waals surface area (Å²) in [6.45, 7) is 1.98. The quantitative estimate of drug-likeness (QED) is 0.622. The molecule has 0 saturated heterocycles. The van der Waals surface area contributed by atoms with Gasteiger partial charge in [-0.05, 0) is 48.4 Å². The van der Waals surface area contributed by atoms with Crippen LogP contribution in [0.25, 0.3) is 12.2 Å². The highest BCUT2D eigenvalue weighted by Gasteiger charge is 2.03. The second kappa shape index (κ2) is 7.70. The molecule has 0 saturated carbocycles. The maximum absolute atomic E-state index is 11.0. The molecule has 24 heavy (non-hydrogen) atoms. The molecule has 2 heterocycles. The van der Waals surface area contributed by atoms with E-state index in [1.54, 1.807) is 24.2 Å². The molecule has 0 aliphatic heterocycles. The van der Waals surface area contributed by atoms with Crippen molar-refractivity contribution in [1.82, 2.24) is 9.97 Å². The van der Waals surface area contributed by atoms with E-state index in [4.69, 9.17) is 0 Å². The summed E-state index contributed by atoms with van der Waals surface area (Å²) >= 11 is 1.56. The molecule has 0 radical (unpaired) electrons. The molecular weight excluding hydrogens is 316 g/mol. The molecule has 0 aliphatic carbocycles. The lowest BCUT2D eigenvalue weighted by Crippen LogP contribution is -1.86. The molecule has 3 nitrogen and oxygen atoms in total. The van der Waals surface area contributed by atoms with Crippen molar-refractivity contribution in [3.8, 4) is 0 Å². The average molecular weight is 332 g/mol. The van der Waals surface area contributed by atoms with Crippen molar-refractivity contribution in [2.45, 2.75) is 16.7 Å². The highest BCUT2D eigenvalue weighted by molar-refractivity contribution is 7.99. The van der Waals surface area contributed by atoms with Gasteiger partial charge >= 0.3 is 0 Å². The Morgan fingerprint density at radius 3 is 2.50 bits per heavy atom. The normalized spacial score (nSPS) is 10.9. The fourth-order valence-electron chi connectivity index (χ4n) is 2.21. The molecule has 0 fully saturated rings. The summed E-state index contributed by atoms with van der Waals surface area (Å²) in [5, 5.41) is 0. The molecular formula is C20H16N2OS. The standard InChI is InChI=1S/C20H16N2OS/c1-15-12-17(8-11-22-15)3-2-16-4-6-19(7-5-16)24-20-9-10-21-13-18(20)14-23/h2-14H,1H3/b3-2+. The van der Waals surface area contributed by atoms with E-state index in [1.165, 1.54) is 0 Å². The van der Waals surface area contributed by atoms with Gasteiger partial charge in [0.05, 0.1) is 0 Å². The molecule has 0 spiro atoms. The summed E-state index contributed by atoms with van der Waals surface area (Å²) < 4.78 is 0. The molecule has 0 atom stereocenters. The Kier molecular flexibility index (Phi) is 5.18. The van der Waals surface area contributed by atoms with E-state index in [9.17, 15) is 4.79 Å². The fourth-order valence-corrected chi connectivity index (χ4v) is 3.09. The van der Waals surface area contributed by atoms with Crippen molar-refractivity contribution in [3.05, 3.63) is 83.4 Å². The van der Waals surface area contributed by atoms with Crippen LogP contribution in [0.1, 0.15) is 27.2 Å². The van der Waals surface area contributed by atoms with Crippen LogP contribution in [-0.4, -0.2) is 16.3 Å². The van der Waals surface area contributed by atoms with E-state index < -0.39 is 0 Å². The summed E-state index contributed by atoms with van der Waals surface area (Å²) in [7, 11) is 0. The van der Waals surface area contributed by atoms with E-state index in [1.807, 2.05) is 31.3 Å². The van der Waals surface area contributed by atoms with Crippen molar-refractivity contribution in [2.75, 3.05) is 0 Å². The lowest BCUT2D eigenvalue weighted by atomic mass is 10.1. The van der Waals surface area contributed by atoms with Crippen LogP contribution >= 0.6 is 11.8 Å². The lowest BCUT2D eigenvalue weighted by Gasteiger charge is -2.04. The predicted octanol–water partition coefficient (Wildman–Crippen LogP) is 4.92. The van der Waals surface area contributed by atoms with Crippen LogP contribution in [-0.2, 0) is 0 Å². The van der Waals surface area contributed by atoms with Gasteiger partial charge in [0.15, 0.2) is 6.29 Å². The molecule has 118 valence electrons. The maximum Gasteiger partial charge on any atom is 0.152 e. The molecule has 3 aromatic rings. The van der Waals surface area contributed by atoms with Gasteiger partial charge in [-0.2, -0.15) is 0 Å². The molecule has 0 unspecified atom stereocenters. The summed E-state index contributed by atoms with van der Waals surface area (Å²) in [6, 6.07) is 14.1. The molecule has 2 aromatic heterocycles. The van der Waals surface area contributed by atoms with E-state index in [0.29, 0.717) is 5.56 Å². The van der Waals surface area contributed by atoms with Crippen molar-refractivity contribution >= 4 is 30.2 Å². The first-order chi connectivity index (χ1) is 11.7. The zero-order valence-electron chi connectivity index (χ0n) is 13.2. The zero-order chi connectivity index (χ0) is 16.8. The third-order valence-electron chi connectivity index (χ3n) is 3.43. The molecule has 0 N–H and O–H groups in total. The van der Waals surface area contributed by atoms with Crippen LogP contribution in [0.4, 0.5) is 0 Å². The minimum absolute atomic E-state index is 0.611. The Balaban J connectivity index is 1.72. The van der Waals surface area contributed by atoms with E-state index in [2.05, 4.69) is 46.4 Å². The van der Waals surface area contributed by atoms with Crippen molar-refractivity contribution in [2.24, 2.45) is 0 Å². The number of hydrogen-bond donors (Lipinski definition) is 0. The van der Waals surface area contributed by atoms with Gasteiger partial charge in [0.2, 0.25) is 0 Å². The largest absolute Gasteiger partial charge is 0.298 e. The molecule has 1 aromatic carbocycles. The average Bonchev–Trinajstić information content (AvgIpc) is 2.62. The van der Waals surface area contributed by atoms with Gasteiger partial charge in [-0.1, -0.05) is 36.0 Å². The minimum Gasteiger partial charge on any atom is -0.298 e. The van der Waals surface area contributed by atoms with Gasteiger partial charge in [-0.25, -0.2) is 0 Å². The first-order valence-electron chi connectivity index (χ1n) is 7.52. The van der Waals surface area contributed by atoms with Crippen molar-refractivity contribution < 1.29 is 4.79 Å². The van der Waals surface area contributed by atoms with Crippen LogP contribution in [0.2, 0.25) is 0 Å². The van der Waals surface area contributed by atoms with Crippen molar-refractivity contribution in [1.29, 1.82) is 0 Å². The number of nitrogens with zero attached hydrogens (tertiary/aromatic N) is 2. The highest BCUT2D eigenvalue weighted by Crippen LogP contribution is 2.29. The van der Waals surface area contributed by atoms with Gasteiger partial charge in [0.25, 0.3) is 0 Å². The second-order valence-electron chi connectivity index (χ2n) is 5.27. The second-order valence-corrected chi connectivity index (χ2v) is 6.38. The molecule has 0 aliphatic rings. The lowest BCUT2D eigenvalue weighted by molar-refractivity contribution is 0.112. The van der Waals surface area contributed by atoms with Crippen LogP contribution in [0.5, 0.6) is 0 Å². The number of aldehydes is 1. The topological polar surface area (TPSA) is 42.9 Å². The van der Waals surface area contributed by atoms with Gasteiger partial charge in [0, 0.05) is 39.6 Å². The third kappa shape index (κ3) is 4.18. The number of carbonyl (C=O) groups is 1. The van der Waals surface area contributed by atoms with Crippen LogP contribution in [0.15, 0.2) is 70.8 Å². The molecule has 4 heteroatoms. The number of rotatable bonds is 5. The summed E-state index contributed by atoms with van der Waals surface area (Å²) in [5.74, 6) is 0. The van der Waals surface area contributed by atoms with Gasteiger partial charge in [0.1, 0.15) is 0 Å². The van der Waals surface area contributed by atoms with E-state index in [-0.39, 0.29) is 0 Å². The third-order valence-corrected chi connectivity index (χ3v) is 4.53. The highest BCUT2D eigenvalue weighted by atomic mass is 32.2. The number of pyridine rings is 2. The Bertz CT molecular complexity index is 873. The summed E-state index contributed by atoms with van der Waals surface area (Å²) in [6.07, 6.45) is 10.1. The first kappa shape index (κ1) is 16.1. The van der Waals surface area contributed by atoms with Crippen LogP contribution in [0, 0.1) is 6.92 Å². The Labute approximate surface area is 145 Å². The zero-order valence-corrected chi connectivity index (χ0v) is 14.0. The summed E-state index contributed by atoms with van der Waals surface area (Å²) in [5.41, 5.74) is 3.87. The smallest absolute Gasteiger partial charge is 0.152 e. The minimum atomic E-state index is 0.611. The first-order valence-corrected chi connectivity index (χ1v) is 8.34. The molecule has 3 rings (SSSR count). The number of benzene rings is 1. The Morgan fingerprint density at radius 1 is 0.958 bits per heavy atom. The summed E-state index contributed by atoms with van der Waals surface area (Å²) in [4.78, 5) is 21.2. The number of hydrogen-bond acceptors (Lipinski definition) is 4. The van der Waals surface area contributed by atoms with Crippen molar-refractivity contribution in [3.63, 3.8) is 0 Å². The monoisotopic (exact) mass is 332 g/mol. The van der Waals surface area contributed by atoms with E-state index in [0.717, 1.165) is 32.9 Å². The molecule has 0 bridgehead atoms. The van der Waals surface area contributed by atoms with Gasteiger partial charge in [-0.15, -0.1) is 0 Å². The van der Waals surface area contributed by atoms with Gasteiger partial charge in [-0.3, -0.25) is 14.8 Å². The number of aromatic nitrogens is 2.